The molecule has 1 atom stereocenters. The van der Waals surface area contributed by atoms with Crippen molar-refractivity contribution in [3.05, 3.63) is 36.5 Å². The summed E-state index contributed by atoms with van der Waals surface area (Å²) < 4.78 is 5.14. The molecular weight excluding hydrogens is 238 g/mol. The Morgan fingerprint density at radius 2 is 2.37 bits per heavy atom. The third-order valence-electron chi connectivity index (χ3n) is 3.02. The summed E-state index contributed by atoms with van der Waals surface area (Å²) in [5.41, 5.74) is 1.25. The number of nitrogens with zero attached hydrogens (tertiary/aromatic N) is 2. The van der Waals surface area contributed by atoms with Gasteiger partial charge in [-0.3, -0.25) is 0 Å². The third kappa shape index (κ3) is 5.01. The second kappa shape index (κ2) is 8.67. The first kappa shape index (κ1) is 15.7. The van der Waals surface area contributed by atoms with Crippen molar-refractivity contribution in [3.8, 4) is 0 Å². The van der Waals surface area contributed by atoms with E-state index in [1.807, 2.05) is 12.3 Å². The Morgan fingerprint density at radius 3 is 3.00 bits per heavy atom. The van der Waals surface area contributed by atoms with Gasteiger partial charge in [-0.25, -0.2) is 4.98 Å². The number of aromatic nitrogens is 1. The van der Waals surface area contributed by atoms with E-state index >= 15 is 0 Å². The average molecular weight is 263 g/mol. The first-order valence-electron chi connectivity index (χ1n) is 6.77. The number of hydrogen-bond donors (Lipinski definition) is 1. The van der Waals surface area contributed by atoms with Crippen LogP contribution in [0.3, 0.4) is 0 Å². The van der Waals surface area contributed by atoms with Crippen molar-refractivity contribution in [1.82, 2.24) is 10.3 Å². The van der Waals surface area contributed by atoms with Gasteiger partial charge in [-0.15, -0.1) is 6.58 Å². The van der Waals surface area contributed by atoms with Crippen LogP contribution in [-0.4, -0.2) is 38.3 Å². The zero-order valence-electron chi connectivity index (χ0n) is 12.2. The molecule has 1 aromatic heterocycles. The van der Waals surface area contributed by atoms with Crippen molar-refractivity contribution in [2.75, 3.05) is 38.3 Å². The minimum Gasteiger partial charge on any atom is -0.383 e. The molecule has 4 heteroatoms. The molecule has 1 heterocycles. The quantitative estimate of drug-likeness (QED) is 0.694. The molecule has 0 saturated carbocycles. The van der Waals surface area contributed by atoms with Gasteiger partial charge < -0.3 is 15.0 Å². The highest BCUT2D eigenvalue weighted by Crippen LogP contribution is 2.18. The largest absolute Gasteiger partial charge is 0.383 e. The van der Waals surface area contributed by atoms with Crippen LogP contribution in [0.2, 0.25) is 0 Å². The van der Waals surface area contributed by atoms with Crippen LogP contribution in [0.1, 0.15) is 25.5 Å². The summed E-state index contributed by atoms with van der Waals surface area (Å²) in [6, 6.07) is 4.52. The first-order valence-corrected chi connectivity index (χ1v) is 6.77. The van der Waals surface area contributed by atoms with E-state index in [0.29, 0.717) is 12.6 Å². The molecule has 0 saturated heterocycles. The lowest BCUT2D eigenvalue weighted by atomic mass is 10.1. The highest BCUT2D eigenvalue weighted by atomic mass is 16.5. The molecule has 0 bridgehead atoms. The van der Waals surface area contributed by atoms with E-state index in [-0.39, 0.29) is 0 Å². The number of anilines is 1. The number of pyridine rings is 1. The molecule has 1 aromatic rings. The molecule has 1 N–H and O–H groups in total. The fourth-order valence-corrected chi connectivity index (χ4v) is 1.96. The molecule has 0 spiro atoms. The third-order valence-corrected chi connectivity index (χ3v) is 3.02. The topological polar surface area (TPSA) is 37.4 Å². The molecule has 1 rings (SSSR count). The van der Waals surface area contributed by atoms with Crippen LogP contribution in [0.5, 0.6) is 0 Å². The summed E-state index contributed by atoms with van der Waals surface area (Å²) in [6.07, 6.45) is 3.75. The minimum absolute atomic E-state index is 0.333. The maximum absolute atomic E-state index is 5.14. The lowest BCUT2D eigenvalue weighted by Gasteiger charge is -2.23. The molecule has 0 aliphatic rings. The number of nitrogens with one attached hydrogen (secondary N) is 1. The van der Waals surface area contributed by atoms with E-state index in [1.54, 1.807) is 7.11 Å². The highest BCUT2D eigenvalue weighted by molar-refractivity contribution is 5.42. The van der Waals surface area contributed by atoms with Gasteiger partial charge in [-0.1, -0.05) is 13.0 Å². The molecular formula is C15H25N3O. The van der Waals surface area contributed by atoms with Crippen molar-refractivity contribution in [2.24, 2.45) is 0 Å². The van der Waals surface area contributed by atoms with E-state index in [9.17, 15) is 0 Å². The van der Waals surface area contributed by atoms with E-state index in [1.165, 1.54) is 5.56 Å². The number of hydrogen-bond acceptors (Lipinski definition) is 4. The average Bonchev–Trinajstić information content (AvgIpc) is 2.44. The first-order chi connectivity index (χ1) is 9.22. The summed E-state index contributed by atoms with van der Waals surface area (Å²) in [5, 5.41) is 3.41. The van der Waals surface area contributed by atoms with E-state index in [2.05, 4.69) is 47.8 Å². The number of methoxy groups -OCH3 is 1. The van der Waals surface area contributed by atoms with E-state index in [0.717, 1.165) is 25.5 Å². The van der Waals surface area contributed by atoms with Crippen LogP contribution >= 0.6 is 0 Å². The van der Waals surface area contributed by atoms with Crippen molar-refractivity contribution in [3.63, 3.8) is 0 Å². The second-order valence-corrected chi connectivity index (χ2v) is 4.45. The fourth-order valence-electron chi connectivity index (χ4n) is 1.96. The van der Waals surface area contributed by atoms with Gasteiger partial charge in [0.05, 0.1) is 6.61 Å². The Kier molecular flexibility index (Phi) is 7.15. The summed E-state index contributed by atoms with van der Waals surface area (Å²) in [5.74, 6) is 0.971. The SMILES string of the molecule is C=CCN(CCOC)c1cc(C(C)NCC)ccn1. The standard InChI is InChI=1S/C15H25N3O/c1-5-9-18(10-11-19-4)15-12-14(7-8-17-15)13(3)16-6-2/h5,7-8,12-13,16H,1,6,9-11H2,2-4H3. The molecule has 0 aliphatic carbocycles. The molecule has 4 nitrogen and oxygen atoms in total. The summed E-state index contributed by atoms with van der Waals surface area (Å²) in [4.78, 5) is 6.61. The Balaban J connectivity index is 2.84. The molecule has 0 aliphatic heterocycles. The molecule has 0 amide bonds. The molecule has 0 radical (unpaired) electrons. The zero-order valence-corrected chi connectivity index (χ0v) is 12.2. The van der Waals surface area contributed by atoms with Gasteiger partial charge in [0.1, 0.15) is 5.82 Å². The van der Waals surface area contributed by atoms with Crippen LogP contribution in [0, 0.1) is 0 Å². The van der Waals surface area contributed by atoms with Gasteiger partial charge >= 0.3 is 0 Å². The smallest absolute Gasteiger partial charge is 0.129 e. The Bertz CT molecular complexity index is 381. The predicted octanol–water partition coefficient (Wildman–Crippen LogP) is 2.39. The van der Waals surface area contributed by atoms with E-state index < -0.39 is 0 Å². The van der Waals surface area contributed by atoms with Crippen LogP contribution in [0.25, 0.3) is 0 Å². The molecule has 106 valence electrons. The normalized spacial score (nSPS) is 12.2. The highest BCUT2D eigenvalue weighted by Gasteiger charge is 2.09. The maximum atomic E-state index is 5.14. The maximum Gasteiger partial charge on any atom is 0.129 e. The summed E-state index contributed by atoms with van der Waals surface area (Å²) in [7, 11) is 1.71. The van der Waals surface area contributed by atoms with Crippen LogP contribution < -0.4 is 10.2 Å². The minimum atomic E-state index is 0.333. The van der Waals surface area contributed by atoms with Gasteiger partial charge in [-0.05, 0) is 31.2 Å². The van der Waals surface area contributed by atoms with Crippen molar-refractivity contribution < 1.29 is 4.74 Å². The Morgan fingerprint density at radius 1 is 1.58 bits per heavy atom. The fraction of sp³-hybridized carbons (Fsp3) is 0.533. The molecule has 1 unspecified atom stereocenters. The lowest BCUT2D eigenvalue weighted by Crippen LogP contribution is -2.28. The zero-order chi connectivity index (χ0) is 14.1. The van der Waals surface area contributed by atoms with Gasteiger partial charge in [0.2, 0.25) is 0 Å². The van der Waals surface area contributed by atoms with Crippen molar-refractivity contribution in [1.29, 1.82) is 0 Å². The van der Waals surface area contributed by atoms with Crippen LogP contribution in [0.15, 0.2) is 31.0 Å². The molecule has 0 aromatic carbocycles. The van der Waals surface area contributed by atoms with E-state index in [4.69, 9.17) is 4.74 Å². The molecule has 0 fully saturated rings. The van der Waals surface area contributed by atoms with Gasteiger partial charge in [-0.2, -0.15) is 0 Å². The summed E-state index contributed by atoms with van der Waals surface area (Å²) in [6.45, 7) is 11.3. The number of rotatable bonds is 9. The van der Waals surface area contributed by atoms with Crippen LogP contribution in [0.4, 0.5) is 5.82 Å². The Hall–Kier alpha value is -1.39. The van der Waals surface area contributed by atoms with Gasteiger partial charge in [0, 0.05) is 32.4 Å². The van der Waals surface area contributed by atoms with Crippen molar-refractivity contribution in [2.45, 2.75) is 19.9 Å². The second-order valence-electron chi connectivity index (χ2n) is 4.45. The van der Waals surface area contributed by atoms with Gasteiger partial charge in [0.15, 0.2) is 0 Å². The van der Waals surface area contributed by atoms with Crippen LogP contribution in [-0.2, 0) is 4.74 Å². The van der Waals surface area contributed by atoms with Crippen molar-refractivity contribution >= 4 is 5.82 Å². The predicted molar refractivity (Wildman–Crippen MR) is 80.6 cm³/mol. The monoisotopic (exact) mass is 263 g/mol. The Labute approximate surface area is 116 Å². The molecule has 19 heavy (non-hydrogen) atoms. The number of ether oxygens (including phenoxy) is 1. The lowest BCUT2D eigenvalue weighted by molar-refractivity contribution is 0.205. The summed E-state index contributed by atoms with van der Waals surface area (Å²) >= 11 is 0. The van der Waals surface area contributed by atoms with Gasteiger partial charge in [0.25, 0.3) is 0 Å².